The molecule has 0 spiro atoms. The average Bonchev–Trinajstić information content (AvgIpc) is 2.57. The van der Waals surface area contributed by atoms with Crippen LogP contribution in [0.25, 0.3) is 0 Å². The second kappa shape index (κ2) is 9.56. The zero-order valence-electron chi connectivity index (χ0n) is 14.3. The van der Waals surface area contributed by atoms with E-state index in [9.17, 15) is 4.79 Å². The summed E-state index contributed by atoms with van der Waals surface area (Å²) >= 11 is 0. The van der Waals surface area contributed by atoms with Gasteiger partial charge in [0.2, 0.25) is 0 Å². The molecule has 1 fully saturated rings. The summed E-state index contributed by atoms with van der Waals surface area (Å²) in [7, 11) is 1.69. The summed E-state index contributed by atoms with van der Waals surface area (Å²) < 4.78 is 10.2. The number of benzene rings is 1. The molecule has 23 heavy (non-hydrogen) atoms. The van der Waals surface area contributed by atoms with Crippen LogP contribution in [0.5, 0.6) is 5.75 Å². The van der Waals surface area contributed by atoms with Gasteiger partial charge in [-0.15, -0.1) is 0 Å². The van der Waals surface area contributed by atoms with Crippen LogP contribution < -0.4 is 10.1 Å². The van der Waals surface area contributed by atoms with Crippen LogP contribution >= 0.6 is 0 Å². The van der Waals surface area contributed by atoms with E-state index in [0.717, 1.165) is 37.6 Å². The third-order valence-electron chi connectivity index (χ3n) is 4.65. The maximum atomic E-state index is 11.5. The van der Waals surface area contributed by atoms with Gasteiger partial charge in [0, 0.05) is 13.0 Å². The Labute approximate surface area is 139 Å². The first-order chi connectivity index (χ1) is 11.2. The molecule has 0 radical (unpaired) electrons. The summed E-state index contributed by atoms with van der Waals surface area (Å²) in [6, 6.07) is 8.19. The van der Waals surface area contributed by atoms with Crippen molar-refractivity contribution in [3.63, 3.8) is 0 Å². The van der Waals surface area contributed by atoms with Crippen LogP contribution in [0.15, 0.2) is 24.3 Å². The Balaban J connectivity index is 1.61. The molecule has 1 aromatic carbocycles. The fourth-order valence-corrected chi connectivity index (χ4v) is 3.26. The van der Waals surface area contributed by atoms with E-state index >= 15 is 0 Å². The van der Waals surface area contributed by atoms with E-state index in [1.165, 1.54) is 18.4 Å². The first kappa shape index (κ1) is 17.8. The van der Waals surface area contributed by atoms with Crippen LogP contribution in [0.1, 0.15) is 44.6 Å². The lowest BCUT2D eigenvalue weighted by Crippen LogP contribution is -2.27. The summed E-state index contributed by atoms with van der Waals surface area (Å²) in [5.41, 5.74) is 1.28. The molecule has 1 aromatic rings. The Morgan fingerprint density at radius 1 is 1.13 bits per heavy atom. The first-order valence-electron chi connectivity index (χ1n) is 8.70. The second-order valence-corrected chi connectivity index (χ2v) is 6.37. The monoisotopic (exact) mass is 319 g/mol. The second-order valence-electron chi connectivity index (χ2n) is 6.37. The highest BCUT2D eigenvalue weighted by Crippen LogP contribution is 2.30. The van der Waals surface area contributed by atoms with E-state index in [0.29, 0.717) is 18.9 Å². The highest BCUT2D eigenvalue weighted by Gasteiger charge is 2.23. The van der Waals surface area contributed by atoms with Gasteiger partial charge in [-0.3, -0.25) is 4.79 Å². The first-order valence-corrected chi connectivity index (χ1v) is 8.70. The van der Waals surface area contributed by atoms with Crippen molar-refractivity contribution < 1.29 is 14.3 Å². The molecule has 128 valence electrons. The Hall–Kier alpha value is -1.55. The van der Waals surface area contributed by atoms with Crippen LogP contribution in [0, 0.1) is 11.8 Å². The SMILES string of the molecule is CCOC(=O)CC1CCC(CNCc2ccc(OC)cc2)CC1. The minimum Gasteiger partial charge on any atom is -0.497 e. The summed E-state index contributed by atoms with van der Waals surface area (Å²) in [6.07, 6.45) is 5.31. The van der Waals surface area contributed by atoms with Crippen LogP contribution in [-0.4, -0.2) is 26.2 Å². The Morgan fingerprint density at radius 3 is 2.39 bits per heavy atom. The molecule has 0 saturated heterocycles. The predicted octanol–water partition coefficient (Wildman–Crippen LogP) is 3.54. The zero-order chi connectivity index (χ0) is 16.5. The Kier molecular flexibility index (Phi) is 7.40. The van der Waals surface area contributed by atoms with Crippen molar-refractivity contribution in [3.8, 4) is 5.75 Å². The number of methoxy groups -OCH3 is 1. The lowest BCUT2D eigenvalue weighted by molar-refractivity contribution is -0.144. The van der Waals surface area contributed by atoms with Gasteiger partial charge >= 0.3 is 5.97 Å². The molecular formula is C19H29NO3. The van der Waals surface area contributed by atoms with Crippen LogP contribution in [0.2, 0.25) is 0 Å². The maximum Gasteiger partial charge on any atom is 0.306 e. The molecule has 0 atom stereocenters. The number of rotatable bonds is 8. The lowest BCUT2D eigenvalue weighted by atomic mass is 9.80. The van der Waals surface area contributed by atoms with Gasteiger partial charge in [0.1, 0.15) is 5.75 Å². The zero-order valence-corrected chi connectivity index (χ0v) is 14.3. The molecular weight excluding hydrogens is 290 g/mol. The third kappa shape index (κ3) is 6.22. The number of carbonyl (C=O) groups excluding carboxylic acids is 1. The van der Waals surface area contributed by atoms with Gasteiger partial charge in [-0.2, -0.15) is 0 Å². The highest BCUT2D eigenvalue weighted by atomic mass is 16.5. The van der Waals surface area contributed by atoms with Crippen molar-refractivity contribution in [1.82, 2.24) is 5.32 Å². The molecule has 1 saturated carbocycles. The molecule has 1 aliphatic carbocycles. The molecule has 0 unspecified atom stereocenters. The molecule has 1 aliphatic rings. The molecule has 4 nitrogen and oxygen atoms in total. The number of carbonyl (C=O) groups is 1. The van der Waals surface area contributed by atoms with Crippen molar-refractivity contribution in [3.05, 3.63) is 29.8 Å². The minimum absolute atomic E-state index is 0.0337. The number of nitrogens with one attached hydrogen (secondary N) is 1. The van der Waals surface area contributed by atoms with Crippen LogP contribution in [0.3, 0.4) is 0 Å². The Bertz CT molecular complexity index is 464. The standard InChI is InChI=1S/C19H29NO3/c1-3-23-19(21)12-15-4-6-16(7-5-15)13-20-14-17-8-10-18(22-2)11-9-17/h8-11,15-16,20H,3-7,12-14H2,1-2H3. The lowest BCUT2D eigenvalue weighted by Gasteiger charge is -2.28. The minimum atomic E-state index is -0.0337. The third-order valence-corrected chi connectivity index (χ3v) is 4.65. The van der Waals surface area contributed by atoms with E-state index in [2.05, 4.69) is 17.4 Å². The molecule has 0 amide bonds. The van der Waals surface area contributed by atoms with E-state index in [1.54, 1.807) is 7.11 Å². The normalized spacial score (nSPS) is 21.0. The molecule has 0 aromatic heterocycles. The van der Waals surface area contributed by atoms with Gasteiger partial charge in [0.25, 0.3) is 0 Å². The quantitative estimate of drug-likeness (QED) is 0.745. The smallest absolute Gasteiger partial charge is 0.306 e. The maximum absolute atomic E-state index is 11.5. The van der Waals surface area contributed by atoms with Gasteiger partial charge in [-0.1, -0.05) is 12.1 Å². The van der Waals surface area contributed by atoms with Gasteiger partial charge in [-0.25, -0.2) is 0 Å². The Morgan fingerprint density at radius 2 is 1.78 bits per heavy atom. The fourth-order valence-electron chi connectivity index (χ4n) is 3.26. The summed E-state index contributed by atoms with van der Waals surface area (Å²) in [5, 5.41) is 3.55. The summed E-state index contributed by atoms with van der Waals surface area (Å²) in [5.74, 6) is 2.11. The molecule has 4 heteroatoms. The topological polar surface area (TPSA) is 47.6 Å². The summed E-state index contributed by atoms with van der Waals surface area (Å²) in [4.78, 5) is 11.5. The average molecular weight is 319 g/mol. The van der Waals surface area contributed by atoms with Gasteiger partial charge in [0.15, 0.2) is 0 Å². The number of hydrogen-bond donors (Lipinski definition) is 1. The summed E-state index contributed by atoms with van der Waals surface area (Å²) in [6.45, 7) is 4.30. The van der Waals surface area contributed by atoms with E-state index in [1.807, 2.05) is 19.1 Å². The molecule has 0 heterocycles. The molecule has 1 N–H and O–H groups in total. The van der Waals surface area contributed by atoms with E-state index in [-0.39, 0.29) is 5.97 Å². The van der Waals surface area contributed by atoms with Gasteiger partial charge in [-0.05, 0) is 68.7 Å². The highest BCUT2D eigenvalue weighted by molar-refractivity contribution is 5.69. The van der Waals surface area contributed by atoms with E-state index < -0.39 is 0 Å². The predicted molar refractivity (Wildman–Crippen MR) is 91.4 cm³/mol. The molecule has 2 rings (SSSR count). The van der Waals surface area contributed by atoms with Crippen LogP contribution in [0.4, 0.5) is 0 Å². The van der Waals surface area contributed by atoms with Gasteiger partial charge in [0.05, 0.1) is 13.7 Å². The van der Waals surface area contributed by atoms with Crippen molar-refractivity contribution in [2.24, 2.45) is 11.8 Å². The van der Waals surface area contributed by atoms with Crippen molar-refractivity contribution in [1.29, 1.82) is 0 Å². The van der Waals surface area contributed by atoms with E-state index in [4.69, 9.17) is 9.47 Å². The largest absolute Gasteiger partial charge is 0.497 e. The number of esters is 1. The molecule has 0 aliphatic heterocycles. The van der Waals surface area contributed by atoms with Crippen molar-refractivity contribution in [2.45, 2.75) is 45.6 Å². The molecule has 0 bridgehead atoms. The number of ether oxygens (including phenoxy) is 2. The van der Waals surface area contributed by atoms with Crippen molar-refractivity contribution >= 4 is 5.97 Å². The van der Waals surface area contributed by atoms with Crippen molar-refractivity contribution in [2.75, 3.05) is 20.3 Å². The fraction of sp³-hybridized carbons (Fsp3) is 0.632. The van der Waals surface area contributed by atoms with Gasteiger partial charge < -0.3 is 14.8 Å². The number of hydrogen-bond acceptors (Lipinski definition) is 4. The van der Waals surface area contributed by atoms with Crippen LogP contribution in [-0.2, 0) is 16.1 Å².